The highest BCUT2D eigenvalue weighted by atomic mass is 16.5. The van der Waals surface area contributed by atoms with Crippen molar-refractivity contribution < 1.29 is 19.1 Å². The van der Waals surface area contributed by atoms with Gasteiger partial charge in [-0.2, -0.15) is 0 Å². The Morgan fingerprint density at radius 1 is 0.824 bits per heavy atom. The van der Waals surface area contributed by atoms with E-state index in [1.807, 2.05) is 30.3 Å². The van der Waals surface area contributed by atoms with Crippen LogP contribution in [-0.4, -0.2) is 50.1 Å². The molecule has 2 amide bonds. The highest BCUT2D eigenvalue weighted by Crippen LogP contribution is 2.36. The van der Waals surface area contributed by atoms with Crippen molar-refractivity contribution >= 4 is 28.9 Å². The van der Waals surface area contributed by atoms with Crippen molar-refractivity contribution in [3.8, 4) is 11.5 Å². The summed E-state index contributed by atoms with van der Waals surface area (Å²) >= 11 is 0. The first-order chi connectivity index (χ1) is 16.6. The van der Waals surface area contributed by atoms with Gasteiger partial charge in [-0.1, -0.05) is 18.2 Å². The molecule has 0 atom stereocenters. The summed E-state index contributed by atoms with van der Waals surface area (Å²) in [6.45, 7) is 3.64. The van der Waals surface area contributed by atoms with E-state index in [0.717, 1.165) is 31.0 Å². The highest BCUT2D eigenvalue weighted by molar-refractivity contribution is 6.34. The van der Waals surface area contributed by atoms with Crippen molar-refractivity contribution in [3.05, 3.63) is 77.9 Å². The number of para-hydroxylation sites is 1. The minimum Gasteiger partial charge on any atom is -0.493 e. The van der Waals surface area contributed by atoms with Gasteiger partial charge in [0.1, 0.15) is 6.61 Å². The maximum Gasteiger partial charge on any atom is 0.266 e. The van der Waals surface area contributed by atoms with E-state index in [2.05, 4.69) is 10.2 Å². The molecule has 5 rings (SSSR count). The third-order valence-electron chi connectivity index (χ3n) is 6.22. The predicted molar refractivity (Wildman–Crippen MR) is 131 cm³/mol. The molecule has 2 heterocycles. The number of fused-ring (bicyclic) bond motifs is 1. The number of hydrogen-bond acceptors (Lipinski definition) is 6. The number of amides is 2. The molecule has 0 spiro atoms. The van der Waals surface area contributed by atoms with Crippen LogP contribution in [0.1, 0.15) is 33.6 Å². The minimum atomic E-state index is -0.360. The third-order valence-corrected chi connectivity index (χ3v) is 6.22. The lowest BCUT2D eigenvalue weighted by Gasteiger charge is -2.18. The van der Waals surface area contributed by atoms with Gasteiger partial charge in [0.25, 0.3) is 11.8 Å². The zero-order valence-corrected chi connectivity index (χ0v) is 19.1. The lowest BCUT2D eigenvalue weighted by atomic mass is 10.1. The minimum absolute atomic E-state index is 0.351. The topological polar surface area (TPSA) is 71.1 Å². The molecule has 1 N–H and O–H groups in total. The maximum atomic E-state index is 13.2. The van der Waals surface area contributed by atoms with E-state index in [9.17, 15) is 9.59 Å². The summed E-state index contributed by atoms with van der Waals surface area (Å²) in [4.78, 5) is 29.9. The Morgan fingerprint density at radius 3 is 2.35 bits per heavy atom. The number of hydrogen-bond donors (Lipinski definition) is 1. The number of ether oxygens (including phenoxy) is 2. The summed E-state index contributed by atoms with van der Waals surface area (Å²) in [5.41, 5.74) is 2.85. The van der Waals surface area contributed by atoms with Crippen LogP contribution in [0, 0.1) is 0 Å². The van der Waals surface area contributed by atoms with E-state index >= 15 is 0 Å². The number of benzene rings is 3. The Hall–Kier alpha value is -3.84. The average molecular weight is 458 g/mol. The van der Waals surface area contributed by atoms with Crippen molar-refractivity contribution in [3.63, 3.8) is 0 Å². The number of likely N-dealkylation sites (tertiary alicyclic amines) is 1. The molecular weight excluding hydrogens is 430 g/mol. The van der Waals surface area contributed by atoms with Crippen LogP contribution in [0.3, 0.4) is 0 Å². The Labute approximate surface area is 198 Å². The number of carbonyl (C=O) groups excluding carboxylic acids is 2. The van der Waals surface area contributed by atoms with Crippen molar-refractivity contribution in [2.24, 2.45) is 0 Å². The molecule has 2 aliphatic heterocycles. The molecule has 3 aromatic rings. The van der Waals surface area contributed by atoms with Gasteiger partial charge in [0.15, 0.2) is 11.5 Å². The van der Waals surface area contributed by atoms with Crippen LogP contribution in [0.25, 0.3) is 0 Å². The normalized spacial score (nSPS) is 15.5. The van der Waals surface area contributed by atoms with Crippen LogP contribution >= 0.6 is 0 Å². The Kier molecular flexibility index (Phi) is 6.18. The molecule has 0 radical (unpaired) electrons. The number of imide groups is 1. The zero-order chi connectivity index (χ0) is 23.5. The molecule has 0 aromatic heterocycles. The van der Waals surface area contributed by atoms with E-state index < -0.39 is 0 Å². The lowest BCUT2D eigenvalue weighted by molar-refractivity contribution is 0.0926. The van der Waals surface area contributed by atoms with Crippen LogP contribution in [0.5, 0.6) is 11.5 Å². The Balaban J connectivity index is 1.33. The quantitative estimate of drug-likeness (QED) is 0.494. The summed E-state index contributed by atoms with van der Waals surface area (Å²) in [7, 11) is 1.55. The number of rotatable bonds is 8. The monoisotopic (exact) mass is 457 g/mol. The molecule has 7 nitrogen and oxygen atoms in total. The van der Waals surface area contributed by atoms with Crippen molar-refractivity contribution in [2.75, 3.05) is 43.6 Å². The molecule has 174 valence electrons. The second kappa shape index (κ2) is 9.57. The molecule has 2 aliphatic rings. The van der Waals surface area contributed by atoms with Crippen LogP contribution in [-0.2, 0) is 0 Å². The van der Waals surface area contributed by atoms with Crippen molar-refractivity contribution in [1.29, 1.82) is 0 Å². The van der Waals surface area contributed by atoms with Gasteiger partial charge in [-0.15, -0.1) is 0 Å². The first kappa shape index (κ1) is 22.0. The number of methoxy groups -OCH3 is 1. The molecule has 34 heavy (non-hydrogen) atoms. The van der Waals surface area contributed by atoms with Gasteiger partial charge in [-0.05, 0) is 68.4 Å². The molecule has 0 saturated carbocycles. The average Bonchev–Trinajstić information content (AvgIpc) is 3.46. The number of nitrogens with zero attached hydrogens (tertiary/aromatic N) is 2. The molecule has 0 aliphatic carbocycles. The van der Waals surface area contributed by atoms with Crippen LogP contribution in [0.2, 0.25) is 0 Å². The van der Waals surface area contributed by atoms with Gasteiger partial charge in [0, 0.05) is 24.0 Å². The molecule has 0 bridgehead atoms. The summed E-state index contributed by atoms with van der Waals surface area (Å²) in [5.74, 6) is 0.371. The van der Waals surface area contributed by atoms with E-state index in [0.29, 0.717) is 34.9 Å². The number of anilines is 3. The van der Waals surface area contributed by atoms with E-state index in [-0.39, 0.29) is 11.8 Å². The molecule has 0 unspecified atom stereocenters. The summed E-state index contributed by atoms with van der Waals surface area (Å²) in [6, 6.07) is 20.0. The van der Waals surface area contributed by atoms with E-state index in [4.69, 9.17) is 9.47 Å². The number of carbonyl (C=O) groups is 2. The molecule has 1 saturated heterocycles. The smallest absolute Gasteiger partial charge is 0.266 e. The Morgan fingerprint density at radius 2 is 1.59 bits per heavy atom. The van der Waals surface area contributed by atoms with Crippen LogP contribution < -0.4 is 19.7 Å². The first-order valence-corrected chi connectivity index (χ1v) is 11.5. The molecular formula is C27H27N3O4. The third kappa shape index (κ3) is 4.34. The van der Waals surface area contributed by atoms with Crippen LogP contribution in [0.4, 0.5) is 17.1 Å². The van der Waals surface area contributed by atoms with Gasteiger partial charge in [-0.25, -0.2) is 4.90 Å². The van der Waals surface area contributed by atoms with Crippen molar-refractivity contribution in [1.82, 2.24) is 4.90 Å². The fourth-order valence-electron chi connectivity index (χ4n) is 4.45. The molecule has 3 aromatic carbocycles. The lowest BCUT2D eigenvalue weighted by Crippen LogP contribution is -2.29. The predicted octanol–water partition coefficient (Wildman–Crippen LogP) is 4.71. The van der Waals surface area contributed by atoms with Gasteiger partial charge < -0.3 is 14.8 Å². The first-order valence-electron chi connectivity index (χ1n) is 11.5. The van der Waals surface area contributed by atoms with Gasteiger partial charge in [0.2, 0.25) is 0 Å². The SMILES string of the molecule is COc1cc(N2C(=O)c3ccc(Nc4ccccc4)cc3C2=O)ccc1OCCN1CCCC1. The summed E-state index contributed by atoms with van der Waals surface area (Å²) in [5, 5.41) is 3.27. The van der Waals surface area contributed by atoms with Crippen LogP contribution in [0.15, 0.2) is 66.7 Å². The van der Waals surface area contributed by atoms with Gasteiger partial charge in [-0.3, -0.25) is 14.5 Å². The standard InChI is InChI=1S/C27H27N3O4/c1-33-25-18-21(10-12-24(25)34-16-15-29-13-5-6-14-29)30-26(31)22-11-9-20(17-23(22)27(30)32)28-19-7-3-2-4-8-19/h2-4,7-12,17-18,28H,5-6,13-16H2,1H3. The number of nitrogens with one attached hydrogen (secondary N) is 1. The fraction of sp³-hybridized carbons (Fsp3) is 0.259. The van der Waals surface area contributed by atoms with E-state index in [1.165, 1.54) is 17.7 Å². The largest absolute Gasteiger partial charge is 0.493 e. The summed E-state index contributed by atoms with van der Waals surface area (Å²) < 4.78 is 11.4. The summed E-state index contributed by atoms with van der Waals surface area (Å²) in [6.07, 6.45) is 2.48. The fourth-order valence-corrected chi connectivity index (χ4v) is 4.45. The van der Waals surface area contributed by atoms with E-state index in [1.54, 1.807) is 43.5 Å². The maximum absolute atomic E-state index is 13.2. The van der Waals surface area contributed by atoms with Gasteiger partial charge in [0.05, 0.1) is 23.9 Å². The second-order valence-electron chi connectivity index (χ2n) is 8.43. The molecule has 7 heteroatoms. The molecule has 1 fully saturated rings. The van der Waals surface area contributed by atoms with Gasteiger partial charge >= 0.3 is 0 Å². The highest BCUT2D eigenvalue weighted by Gasteiger charge is 2.37. The second-order valence-corrected chi connectivity index (χ2v) is 8.43. The zero-order valence-electron chi connectivity index (χ0n) is 19.1. The van der Waals surface area contributed by atoms with Crippen molar-refractivity contribution in [2.45, 2.75) is 12.8 Å². The Bertz CT molecular complexity index is 1210.